The van der Waals surface area contributed by atoms with E-state index in [0.29, 0.717) is 29.3 Å². The molecule has 5 heteroatoms. The van der Waals surface area contributed by atoms with Crippen molar-refractivity contribution in [3.63, 3.8) is 0 Å². The van der Waals surface area contributed by atoms with Gasteiger partial charge in [-0.1, -0.05) is 30.5 Å². The van der Waals surface area contributed by atoms with Crippen molar-refractivity contribution < 1.29 is 14.9 Å². The van der Waals surface area contributed by atoms with E-state index in [4.69, 9.17) is 16.3 Å². The molecule has 1 fully saturated rings. The van der Waals surface area contributed by atoms with E-state index in [0.717, 1.165) is 12.8 Å². The molecule has 3 N–H and O–H groups in total. The number of aliphatic hydroxyl groups excluding tert-OH is 2. The minimum atomic E-state index is -0.578. The summed E-state index contributed by atoms with van der Waals surface area (Å²) >= 11 is 5.88. The largest absolute Gasteiger partial charge is 0.491 e. The highest BCUT2D eigenvalue weighted by Crippen LogP contribution is 2.24. The molecule has 0 heterocycles. The molecular formula is C16H24ClNO3. The molecule has 21 heavy (non-hydrogen) atoms. The van der Waals surface area contributed by atoms with Crippen LogP contribution in [0.5, 0.6) is 5.75 Å². The summed E-state index contributed by atoms with van der Waals surface area (Å²) < 4.78 is 5.52. The summed E-state index contributed by atoms with van der Waals surface area (Å²) in [6.45, 7) is 0.915. The molecule has 3 unspecified atom stereocenters. The Morgan fingerprint density at radius 2 is 2.14 bits per heavy atom. The standard InChI is InChI=1S/C16H24ClNO3/c17-13-5-3-6-15(8-13)21-11-14(20)9-18-16-7-2-1-4-12(16)10-19/h3,5-6,8,12,14,16,18-20H,1-2,4,7,9-11H2. The van der Waals surface area contributed by atoms with E-state index >= 15 is 0 Å². The van der Waals surface area contributed by atoms with Crippen LogP contribution >= 0.6 is 11.6 Å². The van der Waals surface area contributed by atoms with Crippen LogP contribution in [0.25, 0.3) is 0 Å². The van der Waals surface area contributed by atoms with Gasteiger partial charge in [-0.2, -0.15) is 0 Å². The van der Waals surface area contributed by atoms with Crippen molar-refractivity contribution in [1.82, 2.24) is 5.32 Å². The SMILES string of the molecule is OCC1CCCCC1NCC(O)COc1cccc(Cl)c1. The van der Waals surface area contributed by atoms with Crippen molar-refractivity contribution in [2.45, 2.75) is 37.8 Å². The zero-order chi connectivity index (χ0) is 15.1. The maximum Gasteiger partial charge on any atom is 0.120 e. The highest BCUT2D eigenvalue weighted by atomic mass is 35.5. The molecular weight excluding hydrogens is 290 g/mol. The van der Waals surface area contributed by atoms with Crippen molar-refractivity contribution in [2.24, 2.45) is 5.92 Å². The number of hydrogen-bond donors (Lipinski definition) is 3. The Morgan fingerprint density at radius 1 is 1.33 bits per heavy atom. The topological polar surface area (TPSA) is 61.7 Å². The van der Waals surface area contributed by atoms with Gasteiger partial charge >= 0.3 is 0 Å². The molecule has 0 bridgehead atoms. The predicted molar refractivity (Wildman–Crippen MR) is 83.8 cm³/mol. The second kappa shape index (κ2) is 8.59. The van der Waals surface area contributed by atoms with Crippen LogP contribution in [0.4, 0.5) is 0 Å². The van der Waals surface area contributed by atoms with Crippen molar-refractivity contribution in [1.29, 1.82) is 0 Å². The highest BCUT2D eigenvalue weighted by Gasteiger charge is 2.24. The van der Waals surface area contributed by atoms with E-state index in [1.165, 1.54) is 12.8 Å². The zero-order valence-corrected chi connectivity index (χ0v) is 12.9. The van der Waals surface area contributed by atoms with Crippen LogP contribution in [0.2, 0.25) is 5.02 Å². The van der Waals surface area contributed by atoms with Gasteiger partial charge in [-0.3, -0.25) is 0 Å². The number of halogens is 1. The first-order chi connectivity index (χ1) is 10.2. The molecule has 2 rings (SSSR count). The quantitative estimate of drug-likeness (QED) is 0.722. The Bertz CT molecular complexity index is 430. The molecule has 0 aliphatic heterocycles. The summed E-state index contributed by atoms with van der Waals surface area (Å²) in [5, 5.41) is 23.3. The van der Waals surface area contributed by atoms with Gasteiger partial charge in [0.15, 0.2) is 0 Å². The zero-order valence-electron chi connectivity index (χ0n) is 12.2. The number of rotatable bonds is 7. The summed E-state index contributed by atoms with van der Waals surface area (Å²) in [4.78, 5) is 0. The minimum Gasteiger partial charge on any atom is -0.491 e. The smallest absolute Gasteiger partial charge is 0.120 e. The molecule has 1 saturated carbocycles. The molecule has 1 aromatic rings. The van der Waals surface area contributed by atoms with Gasteiger partial charge in [-0.05, 0) is 37.0 Å². The molecule has 1 aliphatic rings. The minimum absolute atomic E-state index is 0.215. The third kappa shape index (κ3) is 5.47. The number of aliphatic hydroxyl groups is 2. The van der Waals surface area contributed by atoms with Gasteiger partial charge in [0.25, 0.3) is 0 Å². The van der Waals surface area contributed by atoms with Crippen molar-refractivity contribution in [2.75, 3.05) is 19.8 Å². The van der Waals surface area contributed by atoms with E-state index in [9.17, 15) is 10.2 Å². The van der Waals surface area contributed by atoms with E-state index in [-0.39, 0.29) is 13.2 Å². The molecule has 1 aromatic carbocycles. The predicted octanol–water partition coefficient (Wildman–Crippen LogP) is 2.22. The van der Waals surface area contributed by atoms with Crippen molar-refractivity contribution >= 4 is 11.6 Å². The first-order valence-electron chi connectivity index (χ1n) is 7.59. The van der Waals surface area contributed by atoms with Crippen LogP contribution < -0.4 is 10.1 Å². The molecule has 4 nitrogen and oxygen atoms in total. The second-order valence-electron chi connectivity index (χ2n) is 5.66. The molecule has 118 valence electrons. The van der Waals surface area contributed by atoms with Crippen molar-refractivity contribution in [3.8, 4) is 5.75 Å². The Hall–Kier alpha value is -0.810. The van der Waals surface area contributed by atoms with E-state index < -0.39 is 6.10 Å². The van der Waals surface area contributed by atoms with Gasteiger partial charge in [0, 0.05) is 24.2 Å². The fourth-order valence-electron chi connectivity index (χ4n) is 2.79. The Balaban J connectivity index is 1.70. The van der Waals surface area contributed by atoms with Crippen LogP contribution in [-0.2, 0) is 0 Å². The van der Waals surface area contributed by atoms with E-state index in [1.54, 1.807) is 12.1 Å². The number of benzene rings is 1. The highest BCUT2D eigenvalue weighted by molar-refractivity contribution is 6.30. The molecule has 0 radical (unpaired) electrons. The first-order valence-corrected chi connectivity index (χ1v) is 7.97. The lowest BCUT2D eigenvalue weighted by Crippen LogP contribution is -2.44. The van der Waals surface area contributed by atoms with Gasteiger partial charge < -0.3 is 20.3 Å². The third-order valence-corrected chi connectivity index (χ3v) is 4.23. The lowest BCUT2D eigenvalue weighted by molar-refractivity contribution is 0.0906. The molecule has 0 amide bonds. The van der Waals surface area contributed by atoms with E-state index in [2.05, 4.69) is 5.32 Å². The van der Waals surface area contributed by atoms with Gasteiger partial charge in [0.1, 0.15) is 18.5 Å². The van der Waals surface area contributed by atoms with Crippen LogP contribution in [0, 0.1) is 5.92 Å². The van der Waals surface area contributed by atoms with Crippen LogP contribution in [0.3, 0.4) is 0 Å². The summed E-state index contributed by atoms with van der Waals surface area (Å²) in [7, 11) is 0. The maximum absolute atomic E-state index is 9.99. The summed E-state index contributed by atoms with van der Waals surface area (Å²) in [5.74, 6) is 0.965. The first kappa shape index (κ1) is 16.6. The molecule has 1 aliphatic carbocycles. The van der Waals surface area contributed by atoms with Crippen molar-refractivity contribution in [3.05, 3.63) is 29.3 Å². The lowest BCUT2D eigenvalue weighted by atomic mass is 9.85. The number of ether oxygens (including phenoxy) is 1. The molecule has 0 aromatic heterocycles. The van der Waals surface area contributed by atoms with Crippen LogP contribution in [-0.4, -0.2) is 42.1 Å². The Labute approximate surface area is 131 Å². The average Bonchev–Trinajstić information content (AvgIpc) is 2.51. The Morgan fingerprint density at radius 3 is 2.90 bits per heavy atom. The second-order valence-corrected chi connectivity index (χ2v) is 6.10. The fourth-order valence-corrected chi connectivity index (χ4v) is 2.97. The van der Waals surface area contributed by atoms with Gasteiger partial charge in [0.05, 0.1) is 0 Å². The van der Waals surface area contributed by atoms with E-state index in [1.807, 2.05) is 12.1 Å². The summed E-state index contributed by atoms with van der Waals surface area (Å²) in [6.07, 6.45) is 3.91. The fraction of sp³-hybridized carbons (Fsp3) is 0.625. The van der Waals surface area contributed by atoms with Gasteiger partial charge in [-0.25, -0.2) is 0 Å². The van der Waals surface area contributed by atoms with Gasteiger partial charge in [0.2, 0.25) is 0 Å². The molecule has 3 atom stereocenters. The number of nitrogens with one attached hydrogen (secondary N) is 1. The van der Waals surface area contributed by atoms with Crippen LogP contribution in [0.15, 0.2) is 24.3 Å². The van der Waals surface area contributed by atoms with Gasteiger partial charge in [-0.15, -0.1) is 0 Å². The molecule has 0 saturated heterocycles. The monoisotopic (exact) mass is 313 g/mol. The third-order valence-electron chi connectivity index (χ3n) is 4.00. The average molecular weight is 314 g/mol. The Kier molecular flexibility index (Phi) is 6.77. The number of hydrogen-bond acceptors (Lipinski definition) is 4. The lowest BCUT2D eigenvalue weighted by Gasteiger charge is -2.31. The maximum atomic E-state index is 9.99. The normalized spacial score (nSPS) is 23.8. The van der Waals surface area contributed by atoms with Crippen LogP contribution in [0.1, 0.15) is 25.7 Å². The summed E-state index contributed by atoms with van der Waals surface area (Å²) in [6, 6.07) is 7.44. The molecule has 0 spiro atoms. The summed E-state index contributed by atoms with van der Waals surface area (Å²) in [5.41, 5.74) is 0.